The SMILES string of the molecule is CCCCCCCCCCCCCCCCCCCCCCCCC(=O)OC(COCCCCCCCCCCCCCCCC)COP(=O)([O-])OCC[N+](C)(C)C. The first kappa shape index (κ1) is 57.5. The Morgan fingerprint density at radius 1 is 0.466 bits per heavy atom. The Balaban J connectivity index is 4.06. The maximum Gasteiger partial charge on any atom is 0.306 e. The third-order valence-corrected chi connectivity index (χ3v) is 12.4. The molecule has 0 saturated carbocycles. The number of unbranched alkanes of at least 4 members (excludes halogenated alkanes) is 34. The van der Waals surface area contributed by atoms with E-state index in [4.69, 9.17) is 18.5 Å². The van der Waals surface area contributed by atoms with E-state index in [1.165, 1.54) is 199 Å². The molecule has 2 atom stereocenters. The summed E-state index contributed by atoms with van der Waals surface area (Å²) in [6.07, 6.45) is 46.9. The fourth-order valence-electron chi connectivity index (χ4n) is 7.49. The van der Waals surface area contributed by atoms with Gasteiger partial charge in [0.25, 0.3) is 7.82 Å². The lowest BCUT2D eigenvalue weighted by Crippen LogP contribution is -2.37. The van der Waals surface area contributed by atoms with Crippen LogP contribution < -0.4 is 4.89 Å². The van der Waals surface area contributed by atoms with E-state index in [0.717, 1.165) is 32.1 Å². The van der Waals surface area contributed by atoms with Crippen LogP contribution in [0.1, 0.15) is 251 Å². The molecule has 0 radical (unpaired) electrons. The predicted molar refractivity (Wildman–Crippen MR) is 245 cm³/mol. The van der Waals surface area contributed by atoms with Crippen molar-refractivity contribution in [3.63, 3.8) is 0 Å². The maximum atomic E-state index is 12.7. The Hall–Kier alpha value is -0.500. The van der Waals surface area contributed by atoms with Crippen LogP contribution in [-0.2, 0) is 27.9 Å². The van der Waals surface area contributed by atoms with Crippen molar-refractivity contribution in [1.29, 1.82) is 0 Å². The van der Waals surface area contributed by atoms with E-state index in [-0.39, 0.29) is 25.8 Å². The zero-order valence-corrected chi connectivity index (χ0v) is 40.4. The van der Waals surface area contributed by atoms with Crippen molar-refractivity contribution in [2.75, 3.05) is 54.1 Å². The van der Waals surface area contributed by atoms with E-state index in [9.17, 15) is 14.3 Å². The van der Waals surface area contributed by atoms with Gasteiger partial charge in [0.2, 0.25) is 0 Å². The Morgan fingerprint density at radius 2 is 0.793 bits per heavy atom. The van der Waals surface area contributed by atoms with Crippen LogP contribution in [0, 0.1) is 0 Å². The number of carbonyl (C=O) groups is 1. The summed E-state index contributed by atoms with van der Waals surface area (Å²) < 4.78 is 34.7. The van der Waals surface area contributed by atoms with Crippen molar-refractivity contribution in [1.82, 2.24) is 0 Å². The van der Waals surface area contributed by atoms with E-state index >= 15 is 0 Å². The zero-order valence-electron chi connectivity index (χ0n) is 39.5. The Bertz CT molecular complexity index is 899. The highest BCUT2D eigenvalue weighted by molar-refractivity contribution is 7.45. The first-order valence-electron chi connectivity index (χ1n) is 25.3. The minimum absolute atomic E-state index is 0.0316. The number of nitrogens with zero attached hydrogens (tertiary/aromatic N) is 1. The molecule has 0 heterocycles. The summed E-state index contributed by atoms with van der Waals surface area (Å²) in [4.78, 5) is 25.1. The first-order chi connectivity index (χ1) is 28.1. The van der Waals surface area contributed by atoms with Gasteiger partial charge in [-0.05, 0) is 12.8 Å². The van der Waals surface area contributed by atoms with E-state index in [1.807, 2.05) is 21.1 Å². The molecule has 0 saturated heterocycles. The average Bonchev–Trinajstić information content (AvgIpc) is 3.18. The van der Waals surface area contributed by atoms with Crippen LogP contribution in [0.25, 0.3) is 0 Å². The smallest absolute Gasteiger partial charge is 0.306 e. The van der Waals surface area contributed by atoms with Gasteiger partial charge in [-0.2, -0.15) is 0 Å². The lowest BCUT2D eigenvalue weighted by atomic mass is 10.0. The lowest BCUT2D eigenvalue weighted by Gasteiger charge is -2.28. The molecule has 2 unspecified atom stereocenters. The molecular formula is C49H100NO7P. The largest absolute Gasteiger partial charge is 0.756 e. The molecule has 0 aromatic carbocycles. The van der Waals surface area contributed by atoms with Crippen LogP contribution in [0.2, 0.25) is 0 Å². The third-order valence-electron chi connectivity index (χ3n) is 11.4. The maximum absolute atomic E-state index is 12.7. The van der Waals surface area contributed by atoms with Gasteiger partial charge in [-0.15, -0.1) is 0 Å². The normalized spacial score (nSPS) is 13.6. The standard InChI is InChI=1S/C49H100NO7P/c1-6-8-10-12-14-16-18-20-22-23-24-25-26-27-28-29-30-32-34-36-38-40-42-49(51)57-48(47-56-58(52,53)55-45-43-50(3,4)5)46-54-44-41-39-37-35-33-31-21-19-17-15-13-11-9-7-2/h48H,6-47H2,1-5H3. The predicted octanol–water partition coefficient (Wildman–Crippen LogP) is 14.6. The molecule has 0 bridgehead atoms. The summed E-state index contributed by atoms with van der Waals surface area (Å²) in [5, 5.41) is 0. The summed E-state index contributed by atoms with van der Waals surface area (Å²) in [6, 6.07) is 0. The highest BCUT2D eigenvalue weighted by Gasteiger charge is 2.20. The molecule has 9 heteroatoms. The molecule has 0 aromatic rings. The quantitative estimate of drug-likeness (QED) is 0.0260. The summed E-state index contributed by atoms with van der Waals surface area (Å²) in [5.41, 5.74) is 0. The van der Waals surface area contributed by atoms with Gasteiger partial charge >= 0.3 is 5.97 Å². The number of phosphoric ester groups is 1. The topological polar surface area (TPSA) is 94.1 Å². The second-order valence-corrected chi connectivity index (χ2v) is 20.0. The Kier molecular flexibility index (Phi) is 42.8. The Labute approximate surface area is 361 Å². The van der Waals surface area contributed by atoms with Gasteiger partial charge in [0.15, 0.2) is 0 Å². The fourth-order valence-corrected chi connectivity index (χ4v) is 8.22. The molecule has 0 spiro atoms. The van der Waals surface area contributed by atoms with Crippen LogP contribution in [0.5, 0.6) is 0 Å². The zero-order chi connectivity index (χ0) is 42.7. The molecule has 0 aliphatic carbocycles. The van der Waals surface area contributed by atoms with Gasteiger partial charge in [-0.1, -0.05) is 232 Å². The van der Waals surface area contributed by atoms with Crippen molar-refractivity contribution >= 4 is 13.8 Å². The van der Waals surface area contributed by atoms with Crippen molar-refractivity contribution in [3.8, 4) is 0 Å². The van der Waals surface area contributed by atoms with Crippen LogP contribution in [-0.4, -0.2) is 70.7 Å². The summed E-state index contributed by atoms with van der Waals surface area (Å²) in [6.45, 7) is 5.49. The molecular weight excluding hydrogens is 746 g/mol. The number of ether oxygens (including phenoxy) is 2. The number of rotatable bonds is 48. The number of esters is 1. The number of hydrogen-bond donors (Lipinski definition) is 0. The van der Waals surface area contributed by atoms with Crippen molar-refractivity contribution in [3.05, 3.63) is 0 Å². The minimum atomic E-state index is -4.52. The van der Waals surface area contributed by atoms with E-state index in [2.05, 4.69) is 13.8 Å². The van der Waals surface area contributed by atoms with Gasteiger partial charge in [0.05, 0.1) is 34.4 Å². The number of carbonyl (C=O) groups excluding carboxylic acids is 1. The molecule has 0 rings (SSSR count). The van der Waals surface area contributed by atoms with Crippen molar-refractivity contribution < 1.29 is 37.3 Å². The number of phosphoric acid groups is 1. The van der Waals surface area contributed by atoms with Crippen molar-refractivity contribution in [2.45, 2.75) is 258 Å². The molecule has 0 fully saturated rings. The van der Waals surface area contributed by atoms with E-state index < -0.39 is 13.9 Å². The molecule has 0 amide bonds. The van der Waals surface area contributed by atoms with Gasteiger partial charge in [-0.3, -0.25) is 9.36 Å². The third kappa shape index (κ3) is 46.6. The molecule has 8 nitrogen and oxygen atoms in total. The molecule has 0 aromatic heterocycles. The molecule has 0 N–H and O–H groups in total. The number of likely N-dealkylation sites (N-methyl/N-ethyl adjacent to an activating group) is 1. The van der Waals surface area contributed by atoms with Gasteiger partial charge in [-0.25, -0.2) is 0 Å². The molecule has 58 heavy (non-hydrogen) atoms. The number of quaternary nitrogens is 1. The van der Waals surface area contributed by atoms with Gasteiger partial charge in [0.1, 0.15) is 19.3 Å². The van der Waals surface area contributed by atoms with Gasteiger partial charge in [0, 0.05) is 13.0 Å². The van der Waals surface area contributed by atoms with Crippen LogP contribution in [0.3, 0.4) is 0 Å². The van der Waals surface area contributed by atoms with Crippen molar-refractivity contribution in [2.24, 2.45) is 0 Å². The summed E-state index contributed by atoms with van der Waals surface area (Å²) >= 11 is 0. The monoisotopic (exact) mass is 846 g/mol. The Morgan fingerprint density at radius 3 is 1.14 bits per heavy atom. The second kappa shape index (κ2) is 43.2. The highest BCUT2D eigenvalue weighted by Crippen LogP contribution is 2.38. The van der Waals surface area contributed by atoms with E-state index in [0.29, 0.717) is 24.1 Å². The van der Waals surface area contributed by atoms with Gasteiger partial charge < -0.3 is 27.9 Å². The first-order valence-corrected chi connectivity index (χ1v) is 26.7. The highest BCUT2D eigenvalue weighted by atomic mass is 31.2. The average molecular weight is 846 g/mol. The summed E-state index contributed by atoms with van der Waals surface area (Å²) in [5.74, 6) is -0.325. The molecule has 0 aliphatic heterocycles. The molecule has 0 aliphatic rings. The lowest BCUT2D eigenvalue weighted by molar-refractivity contribution is -0.870. The summed E-state index contributed by atoms with van der Waals surface area (Å²) in [7, 11) is 1.38. The van der Waals surface area contributed by atoms with E-state index in [1.54, 1.807) is 0 Å². The van der Waals surface area contributed by atoms with Crippen LogP contribution in [0.15, 0.2) is 0 Å². The number of hydrogen-bond acceptors (Lipinski definition) is 7. The van der Waals surface area contributed by atoms with Crippen LogP contribution >= 0.6 is 7.82 Å². The fraction of sp³-hybridized carbons (Fsp3) is 0.980. The van der Waals surface area contributed by atoms with Crippen LogP contribution in [0.4, 0.5) is 0 Å². The molecule has 348 valence electrons. The minimum Gasteiger partial charge on any atom is -0.756 e. The second-order valence-electron chi connectivity index (χ2n) is 18.5.